The van der Waals surface area contributed by atoms with Crippen LogP contribution >= 0.6 is 0 Å². The van der Waals surface area contributed by atoms with Gasteiger partial charge in [-0.15, -0.1) is 0 Å². The van der Waals surface area contributed by atoms with E-state index in [9.17, 15) is 24.3 Å². The lowest BCUT2D eigenvalue weighted by atomic mass is 10.1. The van der Waals surface area contributed by atoms with E-state index in [-0.39, 0.29) is 47.0 Å². The molecule has 1 aromatic carbocycles. The second kappa shape index (κ2) is 9.72. The molecule has 0 bridgehead atoms. The van der Waals surface area contributed by atoms with Crippen LogP contribution < -0.4 is 21.5 Å². The van der Waals surface area contributed by atoms with Gasteiger partial charge in [0.05, 0.1) is 18.4 Å². The Kier molecular flexibility index (Phi) is 5.64. The third-order valence-electron chi connectivity index (χ3n) is 4.50. The fraction of sp³-hybridized carbons (Fsp3) is 0.250. The van der Waals surface area contributed by atoms with E-state index in [0.717, 1.165) is 4.90 Å². The summed E-state index contributed by atoms with van der Waals surface area (Å²) >= 11 is 0. The predicted molar refractivity (Wildman–Crippen MR) is 117 cm³/mol. The Morgan fingerprint density at radius 2 is 1.97 bits per heavy atom. The van der Waals surface area contributed by atoms with Crippen molar-refractivity contribution in [1.29, 1.82) is 0 Å². The molecule has 3 rings (SSSR count). The van der Waals surface area contributed by atoms with Crippen LogP contribution in [0, 0.1) is 0 Å². The maximum atomic E-state index is 12.4. The normalized spacial score (nSPS) is 13.4. The number of aromatic amines is 1. The molecule has 2 aromatic heterocycles. The summed E-state index contributed by atoms with van der Waals surface area (Å²) in [6.45, 7) is -2.91. The smallest absolute Gasteiger partial charge is 0.326 e. The minimum Gasteiger partial charge on any atom is -0.481 e. The molecule has 0 radical (unpaired) electrons. The fourth-order valence-corrected chi connectivity index (χ4v) is 2.86. The molecular formula is C20H21N7O6. The highest BCUT2D eigenvalue weighted by atomic mass is 16.4. The molecule has 13 heteroatoms. The summed E-state index contributed by atoms with van der Waals surface area (Å²) in [6.07, 6.45) is 0.508. The quantitative estimate of drug-likeness (QED) is 0.288. The lowest BCUT2D eigenvalue weighted by Crippen LogP contribution is -2.41. The Hall–Kier alpha value is -4.55. The second-order valence-corrected chi connectivity index (χ2v) is 6.91. The molecule has 2 heterocycles. The monoisotopic (exact) mass is 458 g/mol. The standard InChI is InChI=1S/C20H21N7O6/c1-27(9-11-8-22-16-15(23-11)18(31)26-20(21)25-16)12-4-2-10(3-5-12)17(30)24-13(19(32)33)6-7-14(28)29/h2-5,8,13H,6-7,9H2,1H3,(H,24,30)(H,28,29)(H,32,33)(H3,21,22,25,26,31)/t13-/m0/s1/i1D3. The van der Waals surface area contributed by atoms with E-state index >= 15 is 0 Å². The number of nitrogens with two attached hydrogens (primary N) is 1. The van der Waals surface area contributed by atoms with Crippen molar-refractivity contribution in [3.63, 3.8) is 0 Å². The SMILES string of the molecule is [2H]C([2H])([2H])N(Cc1cnc2nc(N)[nH]c(=O)c2n1)c1ccc(C(=O)N[C@@H](CCC(=O)O)C(=O)O)cc1. The van der Waals surface area contributed by atoms with Crippen molar-refractivity contribution >= 4 is 40.6 Å². The van der Waals surface area contributed by atoms with Gasteiger partial charge in [0.1, 0.15) is 6.04 Å². The summed E-state index contributed by atoms with van der Waals surface area (Å²) in [5.41, 5.74) is 5.10. The van der Waals surface area contributed by atoms with Crippen molar-refractivity contribution in [3.8, 4) is 0 Å². The Bertz CT molecular complexity index is 1360. The van der Waals surface area contributed by atoms with Gasteiger partial charge in [0.2, 0.25) is 5.95 Å². The number of benzene rings is 1. The Balaban J connectivity index is 1.82. The minimum atomic E-state index is -2.64. The van der Waals surface area contributed by atoms with Crippen molar-refractivity contribution in [2.24, 2.45) is 0 Å². The Morgan fingerprint density at radius 3 is 2.61 bits per heavy atom. The van der Waals surface area contributed by atoms with Crippen molar-refractivity contribution in [2.75, 3.05) is 17.6 Å². The molecule has 0 fully saturated rings. The molecule has 0 spiro atoms. The second-order valence-electron chi connectivity index (χ2n) is 6.91. The Labute approximate surface area is 190 Å². The van der Waals surface area contributed by atoms with Gasteiger partial charge >= 0.3 is 11.9 Å². The summed E-state index contributed by atoms with van der Waals surface area (Å²) in [5, 5.41) is 20.2. The molecule has 0 unspecified atom stereocenters. The van der Waals surface area contributed by atoms with Crippen molar-refractivity contribution in [3.05, 3.63) is 52.1 Å². The number of carboxylic acid groups (broad SMARTS) is 2. The molecule has 6 N–H and O–H groups in total. The maximum Gasteiger partial charge on any atom is 0.326 e. The maximum absolute atomic E-state index is 12.4. The van der Waals surface area contributed by atoms with Gasteiger partial charge < -0.3 is 26.2 Å². The Morgan fingerprint density at radius 1 is 1.24 bits per heavy atom. The number of rotatable bonds is 9. The largest absolute Gasteiger partial charge is 0.481 e. The van der Waals surface area contributed by atoms with Crippen LogP contribution in [0.5, 0.6) is 0 Å². The molecule has 0 saturated carbocycles. The topological polar surface area (TPSA) is 204 Å². The number of H-pyrrole nitrogens is 1. The lowest BCUT2D eigenvalue weighted by Gasteiger charge is -2.19. The van der Waals surface area contributed by atoms with Crippen molar-refractivity contribution in [2.45, 2.75) is 25.4 Å². The highest BCUT2D eigenvalue weighted by Gasteiger charge is 2.21. The molecule has 1 amide bonds. The number of nitrogen functional groups attached to an aromatic ring is 1. The number of carboxylic acids is 2. The number of fused-ring (bicyclic) bond motifs is 1. The van der Waals surface area contributed by atoms with E-state index in [1.165, 1.54) is 30.5 Å². The van der Waals surface area contributed by atoms with Gasteiger partial charge in [0.25, 0.3) is 11.5 Å². The molecule has 0 aliphatic carbocycles. The van der Waals surface area contributed by atoms with Gasteiger partial charge in [-0.3, -0.25) is 19.4 Å². The fourth-order valence-electron chi connectivity index (χ4n) is 2.86. The zero-order valence-electron chi connectivity index (χ0n) is 20.0. The lowest BCUT2D eigenvalue weighted by molar-refractivity contribution is -0.140. The summed E-state index contributed by atoms with van der Waals surface area (Å²) in [7, 11) is 0. The molecule has 3 aromatic rings. The summed E-state index contributed by atoms with van der Waals surface area (Å²) in [4.78, 5) is 61.8. The summed E-state index contributed by atoms with van der Waals surface area (Å²) in [6, 6.07) is 3.87. The highest BCUT2D eigenvalue weighted by molar-refractivity contribution is 5.97. The first kappa shape index (κ1) is 19.2. The number of hydrogen-bond donors (Lipinski definition) is 5. The van der Waals surface area contributed by atoms with Gasteiger partial charge in [0.15, 0.2) is 11.2 Å². The molecule has 0 aliphatic heterocycles. The average molecular weight is 458 g/mol. The van der Waals surface area contributed by atoms with E-state index in [0.29, 0.717) is 0 Å². The van der Waals surface area contributed by atoms with Crippen LogP contribution in [0.15, 0.2) is 35.3 Å². The number of aromatic nitrogens is 4. The molecule has 172 valence electrons. The first-order valence-corrected chi connectivity index (χ1v) is 9.49. The van der Waals surface area contributed by atoms with Gasteiger partial charge in [-0.25, -0.2) is 14.8 Å². The van der Waals surface area contributed by atoms with Gasteiger partial charge in [0, 0.05) is 28.8 Å². The van der Waals surface area contributed by atoms with Gasteiger partial charge in [-0.05, 0) is 30.7 Å². The molecule has 1 atom stereocenters. The van der Waals surface area contributed by atoms with Crippen LogP contribution in [-0.2, 0) is 16.1 Å². The predicted octanol–water partition coefficient (Wildman–Crippen LogP) is -0.0205. The van der Waals surface area contributed by atoms with Crippen molar-refractivity contribution < 1.29 is 28.7 Å². The number of hydrogen-bond acceptors (Lipinski definition) is 9. The van der Waals surface area contributed by atoms with E-state index in [4.69, 9.17) is 15.0 Å². The first-order chi connectivity index (χ1) is 16.8. The van der Waals surface area contributed by atoms with Crippen LogP contribution in [-0.4, -0.2) is 61.0 Å². The van der Waals surface area contributed by atoms with E-state index in [1.807, 2.05) is 0 Å². The number of carbonyl (C=O) groups excluding carboxylic acids is 1. The number of nitrogens with zero attached hydrogens (tertiary/aromatic N) is 4. The van der Waals surface area contributed by atoms with Gasteiger partial charge in [-0.2, -0.15) is 4.98 Å². The zero-order chi connectivity index (χ0) is 26.6. The highest BCUT2D eigenvalue weighted by Crippen LogP contribution is 2.16. The van der Waals surface area contributed by atoms with Crippen LogP contribution in [0.1, 0.15) is 33.0 Å². The third-order valence-corrected chi connectivity index (χ3v) is 4.50. The molecule has 0 saturated heterocycles. The first-order valence-electron chi connectivity index (χ1n) is 11.0. The van der Waals surface area contributed by atoms with Crippen LogP contribution in [0.4, 0.5) is 11.6 Å². The van der Waals surface area contributed by atoms with E-state index in [2.05, 4.69) is 25.3 Å². The number of aliphatic carboxylic acids is 2. The van der Waals surface area contributed by atoms with Crippen LogP contribution in [0.25, 0.3) is 11.2 Å². The zero-order valence-corrected chi connectivity index (χ0v) is 17.0. The van der Waals surface area contributed by atoms with Crippen LogP contribution in [0.3, 0.4) is 0 Å². The summed E-state index contributed by atoms with van der Waals surface area (Å²) in [5.74, 6) is -3.50. The van der Waals surface area contributed by atoms with E-state index < -0.39 is 42.8 Å². The van der Waals surface area contributed by atoms with E-state index in [1.54, 1.807) is 0 Å². The number of amides is 1. The summed E-state index contributed by atoms with van der Waals surface area (Å²) < 4.78 is 23.7. The average Bonchev–Trinajstić information content (AvgIpc) is 2.79. The number of carbonyl (C=O) groups is 3. The molecular weight excluding hydrogens is 434 g/mol. The molecule has 0 aliphatic rings. The molecule has 33 heavy (non-hydrogen) atoms. The molecule has 13 nitrogen and oxygen atoms in total. The van der Waals surface area contributed by atoms with Crippen molar-refractivity contribution in [1.82, 2.24) is 25.3 Å². The minimum absolute atomic E-state index is 0.00109. The number of anilines is 2. The number of nitrogens with one attached hydrogen (secondary N) is 2. The van der Waals surface area contributed by atoms with Gasteiger partial charge in [-0.1, -0.05) is 0 Å². The third kappa shape index (κ3) is 5.78. The van der Waals surface area contributed by atoms with Crippen LogP contribution in [0.2, 0.25) is 0 Å².